The van der Waals surface area contributed by atoms with Gasteiger partial charge in [0, 0.05) is 29.6 Å². The summed E-state index contributed by atoms with van der Waals surface area (Å²) in [5.74, 6) is -1.50. The molecule has 4 rings (SSSR count). The molecule has 1 atom stereocenters. The molecule has 0 radical (unpaired) electrons. The molecular weight excluding hydrogens is 565 g/mol. The predicted molar refractivity (Wildman–Crippen MR) is 160 cm³/mol. The average Bonchev–Trinajstić information content (AvgIpc) is 2.95. The van der Waals surface area contributed by atoms with Gasteiger partial charge in [-0.1, -0.05) is 79.4 Å². The van der Waals surface area contributed by atoms with Crippen molar-refractivity contribution in [3.05, 3.63) is 101 Å². The van der Waals surface area contributed by atoms with Crippen LogP contribution >= 0.6 is 11.6 Å². The second-order valence-electron chi connectivity index (χ2n) is 10.4. The van der Waals surface area contributed by atoms with E-state index in [4.69, 9.17) is 11.6 Å². The predicted octanol–water partition coefficient (Wildman–Crippen LogP) is 5.33. The summed E-state index contributed by atoms with van der Waals surface area (Å²) in [5, 5.41) is 3.54. The molecule has 0 bridgehead atoms. The maximum atomic E-state index is 14.9. The summed E-state index contributed by atoms with van der Waals surface area (Å²) in [6, 6.07) is 20.4. The number of benzene rings is 3. The molecule has 3 aromatic carbocycles. The summed E-state index contributed by atoms with van der Waals surface area (Å²) in [5.41, 5.74) is 1.30. The fourth-order valence-electron chi connectivity index (χ4n) is 5.13. The number of nitrogens with one attached hydrogen (secondary N) is 1. The molecule has 218 valence electrons. The van der Waals surface area contributed by atoms with Crippen LogP contribution in [-0.2, 0) is 32.6 Å². The standard InChI is InChI=1S/C31H35ClFN3O4S/c1-41(39,40)36(27-18-16-25(32)17-19-27)22-30(37)35(21-24-12-8-9-15-28(24)33)29(20-23-10-4-2-5-11-23)31(38)34-26-13-6-3-7-14-26/h2,4-5,8-12,15-19,26,29H,3,6-7,13-14,20-22H2,1H3,(H,34,38)/t29-/m1/s1. The molecular formula is C31H35ClFN3O4S. The summed E-state index contributed by atoms with van der Waals surface area (Å²) in [7, 11) is -3.90. The number of anilines is 1. The topological polar surface area (TPSA) is 86.8 Å². The first kappa shape index (κ1) is 30.5. The maximum absolute atomic E-state index is 14.9. The van der Waals surface area contributed by atoms with Crippen molar-refractivity contribution in [2.45, 2.75) is 57.2 Å². The Bertz CT molecular complexity index is 1430. The van der Waals surface area contributed by atoms with Crippen molar-refractivity contribution in [3.63, 3.8) is 0 Å². The zero-order valence-electron chi connectivity index (χ0n) is 23.0. The maximum Gasteiger partial charge on any atom is 0.244 e. The Morgan fingerprint density at radius 2 is 1.59 bits per heavy atom. The Balaban J connectivity index is 1.72. The molecule has 1 aliphatic rings. The van der Waals surface area contributed by atoms with E-state index in [9.17, 15) is 22.4 Å². The molecule has 2 amide bonds. The lowest BCUT2D eigenvalue weighted by Crippen LogP contribution is -2.55. The molecule has 1 saturated carbocycles. The normalized spacial score (nSPS) is 14.7. The zero-order chi connectivity index (χ0) is 29.4. The summed E-state index contributed by atoms with van der Waals surface area (Å²) < 4.78 is 41.5. The molecule has 10 heteroatoms. The van der Waals surface area contributed by atoms with Crippen LogP contribution in [0.15, 0.2) is 78.9 Å². The van der Waals surface area contributed by atoms with Gasteiger partial charge in [0.2, 0.25) is 21.8 Å². The monoisotopic (exact) mass is 599 g/mol. The number of carbonyl (C=O) groups excluding carboxylic acids is 2. The number of halogens is 2. The lowest BCUT2D eigenvalue weighted by molar-refractivity contribution is -0.140. The Labute approximate surface area is 246 Å². The number of carbonyl (C=O) groups is 2. The molecule has 3 aromatic rings. The largest absolute Gasteiger partial charge is 0.352 e. The van der Waals surface area contributed by atoms with Crippen LogP contribution in [0.3, 0.4) is 0 Å². The third kappa shape index (κ3) is 8.53. The van der Waals surface area contributed by atoms with Gasteiger partial charge in [-0.25, -0.2) is 12.8 Å². The first-order chi connectivity index (χ1) is 19.6. The van der Waals surface area contributed by atoms with Crippen LogP contribution in [0.1, 0.15) is 43.2 Å². The number of hydrogen-bond acceptors (Lipinski definition) is 4. The smallest absolute Gasteiger partial charge is 0.244 e. The van der Waals surface area contributed by atoms with Crippen molar-refractivity contribution < 1.29 is 22.4 Å². The second kappa shape index (κ2) is 14.0. The molecule has 41 heavy (non-hydrogen) atoms. The van der Waals surface area contributed by atoms with E-state index in [0.29, 0.717) is 5.02 Å². The number of hydrogen-bond donors (Lipinski definition) is 1. The lowest BCUT2D eigenvalue weighted by atomic mass is 9.94. The van der Waals surface area contributed by atoms with Gasteiger partial charge in [0.15, 0.2) is 0 Å². The summed E-state index contributed by atoms with van der Waals surface area (Å²) >= 11 is 6.00. The van der Waals surface area contributed by atoms with Crippen molar-refractivity contribution >= 4 is 39.1 Å². The third-order valence-corrected chi connectivity index (χ3v) is 8.71. The third-order valence-electron chi connectivity index (χ3n) is 7.31. The van der Waals surface area contributed by atoms with Crippen molar-refractivity contribution in [3.8, 4) is 0 Å². The van der Waals surface area contributed by atoms with Crippen LogP contribution in [0.25, 0.3) is 0 Å². The SMILES string of the molecule is CS(=O)(=O)N(CC(=O)N(Cc1ccccc1F)[C@H](Cc1ccccc1)C(=O)NC1CCCCC1)c1ccc(Cl)cc1. The number of nitrogens with zero attached hydrogens (tertiary/aromatic N) is 2. The molecule has 0 spiro atoms. The summed E-state index contributed by atoms with van der Waals surface area (Å²) in [4.78, 5) is 29.3. The van der Waals surface area contributed by atoms with E-state index in [1.54, 1.807) is 18.2 Å². The van der Waals surface area contributed by atoms with Crippen LogP contribution in [0.5, 0.6) is 0 Å². The zero-order valence-corrected chi connectivity index (χ0v) is 24.6. The quantitative estimate of drug-likeness (QED) is 0.323. The molecule has 0 saturated heterocycles. The van der Waals surface area contributed by atoms with E-state index in [0.717, 1.165) is 48.2 Å². The highest BCUT2D eigenvalue weighted by Crippen LogP contribution is 2.23. The second-order valence-corrected chi connectivity index (χ2v) is 12.8. The minimum atomic E-state index is -3.90. The fraction of sp³-hybridized carbons (Fsp3) is 0.355. The molecule has 7 nitrogen and oxygen atoms in total. The Hall–Kier alpha value is -3.43. The van der Waals surface area contributed by atoms with E-state index in [-0.39, 0.29) is 36.2 Å². The molecule has 0 heterocycles. The highest BCUT2D eigenvalue weighted by Gasteiger charge is 2.34. The van der Waals surface area contributed by atoms with Gasteiger partial charge in [-0.2, -0.15) is 0 Å². The number of sulfonamides is 1. The van der Waals surface area contributed by atoms with Gasteiger partial charge in [0.1, 0.15) is 18.4 Å². The van der Waals surface area contributed by atoms with E-state index < -0.39 is 34.3 Å². The van der Waals surface area contributed by atoms with Gasteiger partial charge in [-0.3, -0.25) is 13.9 Å². The molecule has 1 fully saturated rings. The van der Waals surface area contributed by atoms with Crippen molar-refractivity contribution in [1.29, 1.82) is 0 Å². The van der Waals surface area contributed by atoms with E-state index in [2.05, 4.69) is 5.32 Å². The van der Waals surface area contributed by atoms with Crippen LogP contribution in [0.4, 0.5) is 10.1 Å². The molecule has 0 aliphatic heterocycles. The minimum absolute atomic E-state index is 0.0125. The van der Waals surface area contributed by atoms with Crippen LogP contribution in [0.2, 0.25) is 5.02 Å². The molecule has 1 aliphatic carbocycles. The van der Waals surface area contributed by atoms with Crippen molar-refractivity contribution in [2.75, 3.05) is 17.1 Å². The van der Waals surface area contributed by atoms with E-state index in [1.165, 1.54) is 35.2 Å². The highest BCUT2D eigenvalue weighted by atomic mass is 35.5. The molecule has 0 unspecified atom stereocenters. The van der Waals surface area contributed by atoms with Gasteiger partial charge >= 0.3 is 0 Å². The average molecular weight is 600 g/mol. The first-order valence-corrected chi connectivity index (χ1v) is 15.9. The fourth-order valence-corrected chi connectivity index (χ4v) is 6.11. The first-order valence-electron chi connectivity index (χ1n) is 13.7. The Morgan fingerprint density at radius 1 is 0.951 bits per heavy atom. The van der Waals surface area contributed by atoms with Crippen molar-refractivity contribution in [1.82, 2.24) is 10.2 Å². The van der Waals surface area contributed by atoms with Crippen LogP contribution in [0, 0.1) is 5.82 Å². The van der Waals surface area contributed by atoms with Gasteiger partial charge in [0.05, 0.1) is 11.9 Å². The Morgan fingerprint density at radius 3 is 2.22 bits per heavy atom. The highest BCUT2D eigenvalue weighted by molar-refractivity contribution is 7.92. The number of rotatable bonds is 11. The van der Waals surface area contributed by atoms with Gasteiger partial charge < -0.3 is 10.2 Å². The summed E-state index contributed by atoms with van der Waals surface area (Å²) in [6.45, 7) is -0.782. The number of amides is 2. The molecule has 0 aromatic heterocycles. The minimum Gasteiger partial charge on any atom is -0.352 e. The lowest BCUT2D eigenvalue weighted by Gasteiger charge is -2.35. The van der Waals surface area contributed by atoms with Crippen molar-refractivity contribution in [2.24, 2.45) is 0 Å². The van der Waals surface area contributed by atoms with Crippen LogP contribution < -0.4 is 9.62 Å². The molecule has 1 N–H and O–H groups in total. The van der Waals surface area contributed by atoms with E-state index >= 15 is 0 Å². The summed E-state index contributed by atoms with van der Waals surface area (Å²) in [6.07, 6.45) is 6.02. The van der Waals surface area contributed by atoms with E-state index in [1.807, 2.05) is 30.3 Å². The van der Waals surface area contributed by atoms with Gasteiger partial charge in [-0.15, -0.1) is 0 Å². The van der Waals surface area contributed by atoms with Gasteiger partial charge in [0.25, 0.3) is 0 Å². The van der Waals surface area contributed by atoms with Crippen LogP contribution in [-0.4, -0.2) is 50.0 Å². The van der Waals surface area contributed by atoms with Gasteiger partial charge in [-0.05, 0) is 48.7 Å². The Kier molecular flexibility index (Phi) is 10.4.